The van der Waals surface area contributed by atoms with Crippen LogP contribution in [0, 0.1) is 0 Å². The minimum absolute atomic E-state index is 0.0174. The highest BCUT2D eigenvalue weighted by molar-refractivity contribution is 7.86. The van der Waals surface area contributed by atoms with E-state index in [1.165, 1.54) is 13.1 Å². The van der Waals surface area contributed by atoms with Gasteiger partial charge in [-0.2, -0.15) is 17.0 Å². The van der Waals surface area contributed by atoms with E-state index in [0.29, 0.717) is 31.3 Å². The SMILES string of the molecule is CC(C)N1CCc2nc3cc([C@@H]4CCCN(S(=O)(=O)N(C)C)C4)[nH]n3c(=O)c2C1. The lowest BCUT2D eigenvalue weighted by Gasteiger charge is -2.32. The summed E-state index contributed by atoms with van der Waals surface area (Å²) in [7, 11) is -0.340. The predicted octanol–water partition coefficient (Wildman–Crippen LogP) is 0.775. The summed E-state index contributed by atoms with van der Waals surface area (Å²) in [5, 5.41) is 3.22. The Morgan fingerprint density at radius 2 is 2.03 bits per heavy atom. The molecule has 1 atom stereocenters. The van der Waals surface area contributed by atoms with Crippen molar-refractivity contribution in [2.75, 3.05) is 33.7 Å². The van der Waals surface area contributed by atoms with Crippen molar-refractivity contribution in [3.05, 3.63) is 33.4 Å². The number of fused-ring (bicyclic) bond motifs is 2. The summed E-state index contributed by atoms with van der Waals surface area (Å²) >= 11 is 0. The third kappa shape index (κ3) is 3.63. The van der Waals surface area contributed by atoms with Crippen molar-refractivity contribution in [3.8, 4) is 0 Å². The summed E-state index contributed by atoms with van der Waals surface area (Å²) in [6.45, 7) is 6.73. The predicted molar refractivity (Wildman–Crippen MR) is 111 cm³/mol. The molecule has 9 nitrogen and oxygen atoms in total. The van der Waals surface area contributed by atoms with Gasteiger partial charge in [0.1, 0.15) is 0 Å². The quantitative estimate of drug-likeness (QED) is 0.786. The molecule has 4 rings (SSSR count). The fraction of sp³-hybridized carbons (Fsp3) is 0.684. The van der Waals surface area contributed by atoms with Crippen molar-refractivity contribution in [1.82, 2.24) is 28.1 Å². The van der Waals surface area contributed by atoms with Gasteiger partial charge >= 0.3 is 0 Å². The molecule has 29 heavy (non-hydrogen) atoms. The van der Waals surface area contributed by atoms with Crippen LogP contribution in [-0.2, 0) is 23.2 Å². The molecule has 2 aromatic rings. The molecule has 2 aliphatic heterocycles. The lowest BCUT2D eigenvalue weighted by atomic mass is 9.96. The van der Waals surface area contributed by atoms with Crippen LogP contribution in [0.3, 0.4) is 0 Å². The van der Waals surface area contributed by atoms with Gasteiger partial charge in [-0.1, -0.05) is 0 Å². The molecular weight excluding hydrogens is 392 g/mol. The lowest BCUT2D eigenvalue weighted by Crippen LogP contribution is -2.45. The van der Waals surface area contributed by atoms with E-state index in [0.717, 1.165) is 42.8 Å². The number of hydrogen-bond donors (Lipinski definition) is 1. The summed E-state index contributed by atoms with van der Waals surface area (Å²) in [5.74, 6) is 0.0174. The fourth-order valence-electron chi connectivity index (χ4n) is 4.31. The van der Waals surface area contributed by atoms with Crippen molar-refractivity contribution < 1.29 is 8.42 Å². The summed E-state index contributed by atoms with van der Waals surface area (Å²) in [4.78, 5) is 20.1. The van der Waals surface area contributed by atoms with Gasteiger partial charge in [-0.05, 0) is 26.7 Å². The van der Waals surface area contributed by atoms with Crippen molar-refractivity contribution in [3.63, 3.8) is 0 Å². The molecule has 2 aliphatic rings. The number of hydrogen-bond acceptors (Lipinski definition) is 5. The first-order valence-corrected chi connectivity index (χ1v) is 11.6. The Bertz CT molecular complexity index is 1070. The van der Waals surface area contributed by atoms with Crippen LogP contribution in [-0.4, -0.2) is 76.3 Å². The molecule has 0 amide bonds. The third-order valence-electron chi connectivity index (χ3n) is 6.15. The van der Waals surface area contributed by atoms with Crippen molar-refractivity contribution in [2.45, 2.75) is 51.6 Å². The first-order valence-electron chi connectivity index (χ1n) is 10.2. The van der Waals surface area contributed by atoms with Gasteiger partial charge in [-0.3, -0.25) is 14.8 Å². The minimum atomic E-state index is -3.44. The van der Waals surface area contributed by atoms with Gasteiger partial charge in [0.25, 0.3) is 15.8 Å². The molecule has 160 valence electrons. The first kappa shape index (κ1) is 20.5. The molecule has 0 radical (unpaired) electrons. The second-order valence-corrected chi connectivity index (χ2v) is 10.7. The van der Waals surface area contributed by atoms with E-state index in [9.17, 15) is 13.2 Å². The standard InChI is InChI=1S/C19H30N6O3S/c1-13(2)23-9-7-16-15(12-23)19(26)25-18(20-16)10-17(21-25)14-6-5-8-24(11-14)29(27,28)22(3)4/h10,13-14,21H,5-9,11-12H2,1-4H3/t14-/m1/s1. The number of aromatic amines is 1. The fourth-order valence-corrected chi connectivity index (χ4v) is 5.50. The molecule has 1 saturated heterocycles. The Hall–Kier alpha value is -1.75. The Labute approximate surface area is 171 Å². The largest absolute Gasteiger partial charge is 0.296 e. The van der Waals surface area contributed by atoms with Gasteiger partial charge in [-0.15, -0.1) is 0 Å². The highest BCUT2D eigenvalue weighted by Gasteiger charge is 2.32. The number of H-pyrrole nitrogens is 1. The Morgan fingerprint density at radius 1 is 1.28 bits per heavy atom. The van der Waals surface area contributed by atoms with Crippen molar-refractivity contribution in [2.24, 2.45) is 0 Å². The zero-order chi connectivity index (χ0) is 20.9. The third-order valence-corrected chi connectivity index (χ3v) is 8.06. The summed E-state index contributed by atoms with van der Waals surface area (Å²) < 4.78 is 29.3. The molecule has 4 heterocycles. The van der Waals surface area contributed by atoms with Crippen molar-refractivity contribution >= 4 is 15.9 Å². The van der Waals surface area contributed by atoms with Crippen LogP contribution in [0.15, 0.2) is 10.9 Å². The average Bonchev–Trinajstić information content (AvgIpc) is 3.12. The molecule has 0 aromatic carbocycles. The maximum absolute atomic E-state index is 13.1. The van der Waals surface area contributed by atoms with E-state index < -0.39 is 10.2 Å². The van der Waals surface area contributed by atoms with Gasteiger partial charge in [-0.25, -0.2) is 9.50 Å². The second kappa shape index (κ2) is 7.50. The van der Waals surface area contributed by atoms with Crippen LogP contribution in [0.5, 0.6) is 0 Å². The summed E-state index contributed by atoms with van der Waals surface area (Å²) in [6.07, 6.45) is 2.44. The molecule has 0 spiro atoms. The number of aromatic nitrogens is 3. The van der Waals surface area contributed by atoms with Crippen LogP contribution in [0.1, 0.15) is 49.6 Å². The maximum atomic E-state index is 13.1. The molecule has 1 fully saturated rings. The van der Waals surface area contributed by atoms with Gasteiger partial charge in [0, 0.05) is 70.4 Å². The Kier molecular flexibility index (Phi) is 5.30. The Balaban J connectivity index is 1.66. The van der Waals surface area contributed by atoms with Gasteiger partial charge in [0.05, 0.1) is 11.3 Å². The summed E-state index contributed by atoms with van der Waals surface area (Å²) in [6, 6.07) is 2.29. The zero-order valence-electron chi connectivity index (χ0n) is 17.6. The highest BCUT2D eigenvalue weighted by Crippen LogP contribution is 2.28. The van der Waals surface area contributed by atoms with Crippen LogP contribution in [0.4, 0.5) is 0 Å². The van der Waals surface area contributed by atoms with E-state index in [-0.39, 0.29) is 11.5 Å². The van der Waals surface area contributed by atoms with Gasteiger partial charge < -0.3 is 0 Å². The van der Waals surface area contributed by atoms with Crippen LogP contribution < -0.4 is 5.56 Å². The number of nitrogens with one attached hydrogen (secondary N) is 1. The highest BCUT2D eigenvalue weighted by atomic mass is 32.2. The normalized spacial score (nSPS) is 21.9. The lowest BCUT2D eigenvalue weighted by molar-refractivity contribution is 0.200. The van der Waals surface area contributed by atoms with Crippen LogP contribution >= 0.6 is 0 Å². The second-order valence-electron chi connectivity index (χ2n) is 8.55. The monoisotopic (exact) mass is 422 g/mol. The summed E-state index contributed by atoms with van der Waals surface area (Å²) in [5.41, 5.74) is 3.09. The Morgan fingerprint density at radius 3 is 2.72 bits per heavy atom. The zero-order valence-corrected chi connectivity index (χ0v) is 18.4. The molecule has 10 heteroatoms. The molecular formula is C19H30N6O3S. The van der Waals surface area contributed by atoms with E-state index in [1.54, 1.807) is 14.1 Å². The number of rotatable bonds is 4. The van der Waals surface area contributed by atoms with Gasteiger partial charge in [0.2, 0.25) is 0 Å². The molecule has 0 saturated carbocycles. The van der Waals surface area contributed by atoms with Crippen molar-refractivity contribution in [1.29, 1.82) is 0 Å². The van der Waals surface area contributed by atoms with Crippen LogP contribution in [0.2, 0.25) is 0 Å². The molecule has 2 aromatic heterocycles. The van der Waals surface area contributed by atoms with E-state index in [1.807, 2.05) is 6.07 Å². The number of piperidine rings is 1. The molecule has 0 bridgehead atoms. The van der Waals surface area contributed by atoms with E-state index in [2.05, 4.69) is 23.8 Å². The number of nitrogens with zero attached hydrogens (tertiary/aromatic N) is 5. The molecule has 0 aliphatic carbocycles. The molecule has 1 N–H and O–H groups in total. The minimum Gasteiger partial charge on any atom is -0.296 e. The average molecular weight is 423 g/mol. The van der Waals surface area contributed by atoms with Gasteiger partial charge in [0.15, 0.2) is 5.65 Å². The maximum Gasteiger partial charge on any atom is 0.281 e. The topological polar surface area (TPSA) is 94.0 Å². The molecule has 0 unspecified atom stereocenters. The van der Waals surface area contributed by atoms with E-state index >= 15 is 0 Å². The smallest absolute Gasteiger partial charge is 0.281 e. The van der Waals surface area contributed by atoms with Crippen LogP contribution in [0.25, 0.3) is 5.65 Å². The first-order chi connectivity index (χ1) is 13.7. The van der Waals surface area contributed by atoms with E-state index in [4.69, 9.17) is 4.98 Å².